The molecule has 5 aromatic carbocycles. The average Bonchev–Trinajstić information content (AvgIpc) is 3.01. The molecule has 0 radical (unpaired) electrons. The third-order valence-electron chi connectivity index (χ3n) is 9.61. The molecular weight excluding hydrogens is 543 g/mol. The Balaban J connectivity index is 1.52. The molecule has 1 aliphatic carbocycles. The first kappa shape index (κ1) is 26.2. The van der Waals surface area contributed by atoms with Gasteiger partial charge in [-0.1, -0.05) is 97.1 Å². The van der Waals surface area contributed by atoms with Crippen LogP contribution in [-0.2, 0) is 11.8 Å². The molecule has 4 heteroatoms. The summed E-state index contributed by atoms with van der Waals surface area (Å²) in [5.41, 5.74) is 10.8. The van der Waals surface area contributed by atoms with Crippen LogP contribution in [0.15, 0.2) is 103 Å². The molecule has 1 spiro atoms. The standard InChI is InChI=1S/C39H35NO2Si/c1-25-16-20-34-32(22-25)39(30-11-5-7-14-37(30)42-38-15-8-6-12-31(38)39)33-24-28(43(2,3)4)19-21-35(33)40(34)27-18-17-26-10-9-13-36(41)29(26)23-27/h5-8,11-12,14-24H,9-10,13H2,1-4H3. The number of carbonyl (C=O) groups is 1. The van der Waals surface area contributed by atoms with E-state index in [1.54, 1.807) is 0 Å². The van der Waals surface area contributed by atoms with Gasteiger partial charge in [0.15, 0.2) is 5.78 Å². The Morgan fingerprint density at radius 2 is 1.35 bits per heavy atom. The van der Waals surface area contributed by atoms with Crippen LogP contribution in [0, 0.1) is 6.92 Å². The first-order chi connectivity index (χ1) is 20.8. The topological polar surface area (TPSA) is 29.5 Å². The molecule has 2 aliphatic heterocycles. The SMILES string of the molecule is Cc1ccc2c(c1)C1(c3ccccc3Oc3ccccc31)c1cc([Si](C)(C)C)ccc1N2c1ccc2c(c1)C(=O)CCC2. The Hall–Kier alpha value is -4.41. The highest BCUT2D eigenvalue weighted by Crippen LogP contribution is 2.62. The molecule has 5 aromatic rings. The number of Topliss-reactive ketones (excluding diaryl/α,β-unsaturated/α-hetero) is 1. The van der Waals surface area contributed by atoms with Crippen molar-refractivity contribution in [3.8, 4) is 11.5 Å². The molecule has 0 aromatic heterocycles. The van der Waals surface area contributed by atoms with Gasteiger partial charge in [0.2, 0.25) is 0 Å². The summed E-state index contributed by atoms with van der Waals surface area (Å²) in [5.74, 6) is 2.04. The molecule has 0 saturated heterocycles. The molecule has 0 fully saturated rings. The molecule has 0 N–H and O–H groups in total. The fourth-order valence-corrected chi connectivity index (χ4v) is 8.69. The highest BCUT2D eigenvalue weighted by Gasteiger charge is 2.51. The Labute approximate surface area is 254 Å². The quantitative estimate of drug-likeness (QED) is 0.192. The number of hydrogen-bond donors (Lipinski definition) is 0. The van der Waals surface area contributed by atoms with Crippen molar-refractivity contribution in [1.82, 2.24) is 0 Å². The predicted octanol–water partition coefficient (Wildman–Crippen LogP) is 9.33. The molecule has 3 nitrogen and oxygen atoms in total. The maximum Gasteiger partial charge on any atom is 0.163 e. The van der Waals surface area contributed by atoms with E-state index in [1.165, 1.54) is 27.4 Å². The van der Waals surface area contributed by atoms with Gasteiger partial charge in [0.1, 0.15) is 11.5 Å². The monoisotopic (exact) mass is 577 g/mol. The van der Waals surface area contributed by atoms with E-state index in [0.29, 0.717) is 6.42 Å². The van der Waals surface area contributed by atoms with E-state index in [0.717, 1.165) is 58.1 Å². The molecule has 0 unspecified atom stereocenters. The van der Waals surface area contributed by atoms with Crippen LogP contribution in [0.1, 0.15) is 56.6 Å². The van der Waals surface area contributed by atoms with E-state index in [-0.39, 0.29) is 5.78 Å². The number of hydrogen-bond acceptors (Lipinski definition) is 3. The van der Waals surface area contributed by atoms with Gasteiger partial charge in [-0.05, 0) is 72.9 Å². The van der Waals surface area contributed by atoms with Crippen LogP contribution in [0.4, 0.5) is 17.1 Å². The van der Waals surface area contributed by atoms with Gasteiger partial charge in [-0.15, -0.1) is 0 Å². The fraction of sp³-hybridized carbons (Fsp3) is 0.205. The zero-order valence-electron chi connectivity index (χ0n) is 25.2. The van der Waals surface area contributed by atoms with Crippen molar-refractivity contribution in [3.05, 3.63) is 142 Å². The highest BCUT2D eigenvalue weighted by molar-refractivity contribution is 6.88. The lowest BCUT2D eigenvalue weighted by Crippen LogP contribution is -2.43. The van der Waals surface area contributed by atoms with Gasteiger partial charge in [-0.25, -0.2) is 0 Å². The zero-order chi connectivity index (χ0) is 29.5. The van der Waals surface area contributed by atoms with E-state index < -0.39 is 13.5 Å². The number of para-hydroxylation sites is 2. The maximum atomic E-state index is 13.1. The van der Waals surface area contributed by atoms with Crippen LogP contribution in [0.2, 0.25) is 19.6 Å². The molecule has 43 heavy (non-hydrogen) atoms. The summed E-state index contributed by atoms with van der Waals surface area (Å²) in [7, 11) is -1.68. The van der Waals surface area contributed by atoms with Crippen molar-refractivity contribution in [2.75, 3.05) is 4.90 Å². The molecule has 2 heterocycles. The summed E-state index contributed by atoms with van der Waals surface area (Å²) in [6.07, 6.45) is 2.52. The summed E-state index contributed by atoms with van der Waals surface area (Å²) in [6.45, 7) is 9.43. The number of nitrogens with zero attached hydrogens (tertiary/aromatic N) is 1. The summed E-state index contributed by atoms with van der Waals surface area (Å²) in [6, 6.07) is 37.6. The van der Waals surface area contributed by atoms with Crippen LogP contribution in [0.5, 0.6) is 11.5 Å². The summed E-state index contributed by atoms with van der Waals surface area (Å²) in [5, 5.41) is 1.42. The normalized spacial score (nSPS) is 16.0. The Morgan fingerprint density at radius 3 is 2.05 bits per heavy atom. The Morgan fingerprint density at radius 1 is 0.698 bits per heavy atom. The van der Waals surface area contributed by atoms with E-state index in [2.05, 4.69) is 135 Å². The molecule has 212 valence electrons. The number of carbonyl (C=O) groups excluding carboxylic acids is 1. The molecule has 0 bridgehead atoms. The van der Waals surface area contributed by atoms with E-state index in [9.17, 15) is 4.79 Å². The largest absolute Gasteiger partial charge is 0.457 e. The molecule has 0 atom stereocenters. The Bertz CT molecular complexity index is 1920. The minimum absolute atomic E-state index is 0.252. The van der Waals surface area contributed by atoms with Gasteiger partial charge < -0.3 is 9.64 Å². The number of aryl methyl sites for hydroxylation is 2. The second kappa shape index (κ2) is 9.29. The van der Waals surface area contributed by atoms with Crippen LogP contribution in [-0.4, -0.2) is 13.9 Å². The van der Waals surface area contributed by atoms with Crippen molar-refractivity contribution in [3.63, 3.8) is 0 Å². The molecule has 0 saturated carbocycles. The lowest BCUT2D eigenvalue weighted by Gasteiger charge is -2.49. The lowest BCUT2D eigenvalue weighted by molar-refractivity contribution is 0.0972. The maximum absolute atomic E-state index is 13.1. The van der Waals surface area contributed by atoms with Gasteiger partial charge in [0.25, 0.3) is 0 Å². The number of ketones is 1. The number of rotatable bonds is 2. The Kier molecular flexibility index (Phi) is 5.67. The van der Waals surface area contributed by atoms with Crippen LogP contribution in [0.25, 0.3) is 0 Å². The van der Waals surface area contributed by atoms with E-state index >= 15 is 0 Å². The summed E-state index contributed by atoms with van der Waals surface area (Å²) in [4.78, 5) is 15.5. The van der Waals surface area contributed by atoms with E-state index in [1.807, 2.05) is 0 Å². The van der Waals surface area contributed by atoms with E-state index in [4.69, 9.17) is 4.74 Å². The van der Waals surface area contributed by atoms with Gasteiger partial charge in [-0.3, -0.25) is 4.79 Å². The van der Waals surface area contributed by atoms with Crippen molar-refractivity contribution in [1.29, 1.82) is 0 Å². The van der Waals surface area contributed by atoms with Crippen LogP contribution < -0.4 is 14.8 Å². The third-order valence-corrected chi connectivity index (χ3v) is 11.7. The third kappa shape index (κ3) is 3.76. The van der Waals surface area contributed by atoms with Gasteiger partial charge in [0, 0.05) is 28.8 Å². The average molecular weight is 578 g/mol. The van der Waals surface area contributed by atoms with Crippen LogP contribution in [0.3, 0.4) is 0 Å². The number of fused-ring (bicyclic) bond motifs is 9. The highest BCUT2D eigenvalue weighted by atomic mass is 28.3. The minimum Gasteiger partial charge on any atom is -0.457 e. The fourth-order valence-electron chi connectivity index (χ4n) is 7.53. The van der Waals surface area contributed by atoms with Crippen molar-refractivity contribution in [2.24, 2.45) is 0 Å². The van der Waals surface area contributed by atoms with Crippen LogP contribution >= 0.6 is 0 Å². The van der Waals surface area contributed by atoms with Gasteiger partial charge >= 0.3 is 0 Å². The number of ether oxygens (including phenoxy) is 1. The second-order valence-corrected chi connectivity index (χ2v) is 18.4. The van der Waals surface area contributed by atoms with Gasteiger partial charge in [-0.2, -0.15) is 0 Å². The molecule has 0 amide bonds. The van der Waals surface area contributed by atoms with Crippen molar-refractivity contribution >= 4 is 36.1 Å². The van der Waals surface area contributed by atoms with Crippen molar-refractivity contribution in [2.45, 2.75) is 51.2 Å². The molecule has 8 rings (SSSR count). The van der Waals surface area contributed by atoms with Gasteiger partial charge in [0.05, 0.1) is 24.9 Å². The molecular formula is C39H35NO2Si. The first-order valence-electron chi connectivity index (χ1n) is 15.4. The lowest BCUT2D eigenvalue weighted by atomic mass is 9.61. The predicted molar refractivity (Wildman–Crippen MR) is 178 cm³/mol. The second-order valence-electron chi connectivity index (χ2n) is 13.3. The number of anilines is 3. The number of benzene rings is 5. The molecule has 3 aliphatic rings. The zero-order valence-corrected chi connectivity index (χ0v) is 26.2. The summed E-state index contributed by atoms with van der Waals surface area (Å²) >= 11 is 0. The first-order valence-corrected chi connectivity index (χ1v) is 18.9. The smallest absolute Gasteiger partial charge is 0.163 e. The summed E-state index contributed by atoms with van der Waals surface area (Å²) < 4.78 is 6.61. The van der Waals surface area contributed by atoms with Crippen molar-refractivity contribution < 1.29 is 9.53 Å². The minimum atomic E-state index is -1.68.